The highest BCUT2D eigenvalue weighted by atomic mass is 35.5. The van der Waals surface area contributed by atoms with Gasteiger partial charge in [0.2, 0.25) is 0 Å². The van der Waals surface area contributed by atoms with E-state index in [2.05, 4.69) is 0 Å². The highest BCUT2D eigenvalue weighted by molar-refractivity contribution is 6.32. The monoisotopic (exact) mass is 214 g/mol. The van der Waals surface area contributed by atoms with E-state index in [1.807, 2.05) is 13.0 Å². The van der Waals surface area contributed by atoms with E-state index in [1.165, 1.54) is 0 Å². The summed E-state index contributed by atoms with van der Waals surface area (Å²) in [6.07, 6.45) is 0.862. The van der Waals surface area contributed by atoms with Gasteiger partial charge in [-0.1, -0.05) is 24.6 Å². The zero-order valence-electron chi connectivity index (χ0n) is 7.79. The van der Waals surface area contributed by atoms with E-state index in [4.69, 9.17) is 21.4 Å². The molecule has 0 atom stereocenters. The highest BCUT2D eigenvalue weighted by Gasteiger charge is 2.04. The van der Waals surface area contributed by atoms with E-state index in [0.717, 1.165) is 12.0 Å². The summed E-state index contributed by atoms with van der Waals surface area (Å²) in [5.74, 6) is -0.587. The summed E-state index contributed by atoms with van der Waals surface area (Å²) in [7, 11) is 0. The second-order valence-corrected chi connectivity index (χ2v) is 3.21. The van der Waals surface area contributed by atoms with Crippen LogP contribution in [0.4, 0.5) is 0 Å². The number of aryl methyl sites for hydroxylation is 1. The summed E-state index contributed by atoms with van der Waals surface area (Å²) < 4.78 is 5.01. The number of carboxylic acid groups (broad SMARTS) is 1. The molecule has 0 saturated heterocycles. The number of ether oxygens (including phenoxy) is 1. The molecule has 0 unspecified atom stereocenters. The van der Waals surface area contributed by atoms with Crippen molar-refractivity contribution in [2.75, 3.05) is 6.61 Å². The van der Waals surface area contributed by atoms with Crippen LogP contribution < -0.4 is 4.74 Å². The molecule has 3 nitrogen and oxygen atoms in total. The van der Waals surface area contributed by atoms with Gasteiger partial charge in [-0.3, -0.25) is 0 Å². The van der Waals surface area contributed by atoms with Crippen molar-refractivity contribution < 1.29 is 14.6 Å². The fraction of sp³-hybridized carbons (Fsp3) is 0.300. The smallest absolute Gasteiger partial charge is 0.341 e. The second kappa shape index (κ2) is 4.86. The van der Waals surface area contributed by atoms with Crippen LogP contribution >= 0.6 is 11.6 Å². The number of rotatable bonds is 4. The molecule has 76 valence electrons. The molecular formula is C10H11ClO3. The summed E-state index contributed by atoms with van der Waals surface area (Å²) in [4.78, 5) is 10.3. The van der Waals surface area contributed by atoms with Gasteiger partial charge in [0.1, 0.15) is 5.75 Å². The second-order valence-electron chi connectivity index (χ2n) is 2.80. The molecule has 0 fully saturated rings. The molecular weight excluding hydrogens is 204 g/mol. The van der Waals surface area contributed by atoms with E-state index in [-0.39, 0.29) is 6.61 Å². The average Bonchev–Trinajstić information content (AvgIpc) is 2.16. The first kappa shape index (κ1) is 10.9. The number of hydrogen-bond donors (Lipinski definition) is 1. The predicted octanol–water partition coefficient (Wildman–Crippen LogP) is 2.37. The van der Waals surface area contributed by atoms with Crippen LogP contribution in [0.1, 0.15) is 12.5 Å². The lowest BCUT2D eigenvalue weighted by Crippen LogP contribution is -2.09. The topological polar surface area (TPSA) is 46.5 Å². The molecule has 0 heterocycles. The Hall–Kier alpha value is -1.22. The number of hydrogen-bond acceptors (Lipinski definition) is 2. The zero-order valence-corrected chi connectivity index (χ0v) is 8.54. The normalized spacial score (nSPS) is 9.86. The molecule has 0 spiro atoms. The van der Waals surface area contributed by atoms with Crippen LogP contribution in [0.2, 0.25) is 5.02 Å². The Labute approximate surface area is 87.3 Å². The first-order valence-corrected chi connectivity index (χ1v) is 4.64. The molecule has 0 aliphatic carbocycles. The third-order valence-corrected chi connectivity index (χ3v) is 2.07. The molecule has 0 radical (unpaired) electrons. The third kappa shape index (κ3) is 2.92. The first-order valence-electron chi connectivity index (χ1n) is 4.26. The van der Waals surface area contributed by atoms with Gasteiger partial charge in [-0.15, -0.1) is 0 Å². The maximum Gasteiger partial charge on any atom is 0.341 e. The Morgan fingerprint density at radius 3 is 2.86 bits per heavy atom. The fourth-order valence-corrected chi connectivity index (χ4v) is 1.19. The standard InChI is InChI=1S/C10H11ClO3/c1-2-7-3-4-8(11)9(5-7)14-6-10(12)13/h3-5H,2,6H2,1H3,(H,12,13). The molecule has 1 aromatic rings. The van der Waals surface area contributed by atoms with Gasteiger partial charge in [-0.25, -0.2) is 4.79 Å². The van der Waals surface area contributed by atoms with Crippen LogP contribution in [0.25, 0.3) is 0 Å². The Balaban J connectivity index is 2.78. The quantitative estimate of drug-likeness (QED) is 0.837. The summed E-state index contributed by atoms with van der Waals surface area (Å²) >= 11 is 5.82. The Morgan fingerprint density at radius 1 is 1.57 bits per heavy atom. The molecule has 0 saturated carbocycles. The minimum Gasteiger partial charge on any atom is -0.480 e. The van der Waals surface area contributed by atoms with Gasteiger partial charge in [0.25, 0.3) is 0 Å². The molecule has 1 aromatic carbocycles. The maximum atomic E-state index is 10.3. The molecule has 14 heavy (non-hydrogen) atoms. The fourth-order valence-electron chi connectivity index (χ4n) is 1.02. The summed E-state index contributed by atoms with van der Waals surface area (Å²) in [6.45, 7) is 1.64. The van der Waals surface area contributed by atoms with Gasteiger partial charge in [0.15, 0.2) is 6.61 Å². The summed E-state index contributed by atoms with van der Waals surface area (Å²) in [6, 6.07) is 5.35. The number of aliphatic carboxylic acids is 1. The lowest BCUT2D eigenvalue weighted by atomic mass is 10.2. The van der Waals surface area contributed by atoms with Gasteiger partial charge in [0, 0.05) is 0 Å². The minimum atomic E-state index is -1.01. The zero-order chi connectivity index (χ0) is 10.6. The molecule has 0 aliphatic rings. The highest BCUT2D eigenvalue weighted by Crippen LogP contribution is 2.25. The van der Waals surface area contributed by atoms with Crippen molar-refractivity contribution in [3.05, 3.63) is 28.8 Å². The van der Waals surface area contributed by atoms with Crippen LogP contribution in [0.15, 0.2) is 18.2 Å². The van der Waals surface area contributed by atoms with Crippen LogP contribution in [0.5, 0.6) is 5.75 Å². The molecule has 0 aliphatic heterocycles. The van der Waals surface area contributed by atoms with Gasteiger partial charge in [-0.2, -0.15) is 0 Å². The SMILES string of the molecule is CCc1ccc(Cl)c(OCC(=O)O)c1. The molecule has 4 heteroatoms. The van der Waals surface area contributed by atoms with Crippen LogP contribution in [0.3, 0.4) is 0 Å². The van der Waals surface area contributed by atoms with E-state index in [1.54, 1.807) is 12.1 Å². The van der Waals surface area contributed by atoms with Gasteiger partial charge in [0.05, 0.1) is 5.02 Å². The predicted molar refractivity (Wildman–Crippen MR) is 54.0 cm³/mol. The van der Waals surface area contributed by atoms with Gasteiger partial charge >= 0.3 is 5.97 Å². The molecule has 0 bridgehead atoms. The van der Waals surface area contributed by atoms with Crippen molar-refractivity contribution in [3.8, 4) is 5.75 Å². The molecule has 0 amide bonds. The van der Waals surface area contributed by atoms with Crippen molar-refractivity contribution in [2.45, 2.75) is 13.3 Å². The Bertz CT molecular complexity index is 336. The van der Waals surface area contributed by atoms with E-state index in [0.29, 0.717) is 10.8 Å². The molecule has 1 rings (SSSR count). The number of carboxylic acids is 1. The van der Waals surface area contributed by atoms with Crippen LogP contribution in [0, 0.1) is 0 Å². The van der Waals surface area contributed by atoms with E-state index in [9.17, 15) is 4.79 Å². The average molecular weight is 215 g/mol. The first-order chi connectivity index (χ1) is 6.63. The van der Waals surface area contributed by atoms with Crippen molar-refractivity contribution in [2.24, 2.45) is 0 Å². The summed E-state index contributed by atoms with van der Waals surface area (Å²) in [5.41, 5.74) is 1.06. The molecule has 0 aromatic heterocycles. The number of halogens is 1. The van der Waals surface area contributed by atoms with Crippen molar-refractivity contribution >= 4 is 17.6 Å². The van der Waals surface area contributed by atoms with Crippen molar-refractivity contribution in [1.82, 2.24) is 0 Å². The van der Waals surface area contributed by atoms with Crippen molar-refractivity contribution in [3.63, 3.8) is 0 Å². The van der Waals surface area contributed by atoms with Crippen molar-refractivity contribution in [1.29, 1.82) is 0 Å². The number of carbonyl (C=O) groups is 1. The van der Waals surface area contributed by atoms with Gasteiger partial charge < -0.3 is 9.84 Å². The molecule has 1 N–H and O–H groups in total. The summed E-state index contributed by atoms with van der Waals surface area (Å²) in [5, 5.41) is 8.86. The third-order valence-electron chi connectivity index (χ3n) is 1.76. The Morgan fingerprint density at radius 2 is 2.29 bits per heavy atom. The lowest BCUT2D eigenvalue weighted by Gasteiger charge is -2.06. The minimum absolute atomic E-state index is 0.368. The Kier molecular flexibility index (Phi) is 3.77. The lowest BCUT2D eigenvalue weighted by molar-refractivity contribution is -0.139. The van der Waals surface area contributed by atoms with Crippen LogP contribution in [-0.4, -0.2) is 17.7 Å². The number of benzene rings is 1. The van der Waals surface area contributed by atoms with E-state index >= 15 is 0 Å². The van der Waals surface area contributed by atoms with Gasteiger partial charge in [-0.05, 0) is 24.1 Å². The largest absolute Gasteiger partial charge is 0.480 e. The van der Waals surface area contributed by atoms with E-state index < -0.39 is 5.97 Å². The van der Waals surface area contributed by atoms with Crippen LogP contribution in [-0.2, 0) is 11.2 Å². The maximum absolute atomic E-state index is 10.3.